The lowest BCUT2D eigenvalue weighted by atomic mass is 9.86. The lowest BCUT2D eigenvalue weighted by Crippen LogP contribution is -2.51. The molecule has 0 radical (unpaired) electrons. The van der Waals surface area contributed by atoms with E-state index in [1.165, 1.54) is 6.33 Å². The summed E-state index contributed by atoms with van der Waals surface area (Å²) in [6, 6.07) is 1.80. The number of hydrogen-bond donors (Lipinski definition) is 3. The normalized spacial score (nSPS) is 12.4. The molecule has 0 fully saturated rings. The highest BCUT2D eigenvalue weighted by Crippen LogP contribution is 2.25. The summed E-state index contributed by atoms with van der Waals surface area (Å²) < 4.78 is 0. The summed E-state index contributed by atoms with van der Waals surface area (Å²) in [5, 5.41) is 16.1. The van der Waals surface area contributed by atoms with Crippen LogP contribution in [0.2, 0.25) is 0 Å². The Kier molecular flexibility index (Phi) is 3.38. The topological polar surface area (TPSA) is 70.1 Å². The van der Waals surface area contributed by atoms with Gasteiger partial charge in [0.1, 0.15) is 18.0 Å². The van der Waals surface area contributed by atoms with Gasteiger partial charge in [0.15, 0.2) is 0 Å². The minimum atomic E-state index is -0.849. The summed E-state index contributed by atoms with van der Waals surface area (Å²) in [6.45, 7) is 7.38. The zero-order valence-corrected chi connectivity index (χ0v) is 10.5. The molecule has 1 rings (SSSR count). The Hall–Kier alpha value is -1.36. The molecule has 0 bridgehead atoms. The second-order valence-electron chi connectivity index (χ2n) is 4.85. The zero-order valence-electron chi connectivity index (χ0n) is 10.5. The second-order valence-corrected chi connectivity index (χ2v) is 4.85. The predicted octanol–water partition coefficient (Wildman–Crippen LogP) is 1.48. The van der Waals surface area contributed by atoms with E-state index in [4.69, 9.17) is 0 Å². The molecule has 0 aliphatic carbocycles. The first kappa shape index (κ1) is 12.7. The van der Waals surface area contributed by atoms with Gasteiger partial charge in [-0.05, 0) is 27.7 Å². The first-order chi connectivity index (χ1) is 7.26. The van der Waals surface area contributed by atoms with E-state index in [0.29, 0.717) is 5.82 Å². The standard InChI is InChI=1S/C11H20N4O/c1-10(2,11(3,4)16)15-9-6-8(12-5)13-7-14-9/h6-7,16H,1-5H3,(H2,12,13,14,15). The van der Waals surface area contributed by atoms with Crippen molar-refractivity contribution in [1.29, 1.82) is 0 Å². The maximum Gasteiger partial charge on any atom is 0.131 e. The second kappa shape index (κ2) is 4.25. The Bertz CT molecular complexity index is 357. The molecular formula is C11H20N4O. The fourth-order valence-corrected chi connectivity index (χ4v) is 1.04. The molecule has 5 heteroatoms. The Balaban J connectivity index is 2.88. The molecule has 0 spiro atoms. The number of nitrogens with one attached hydrogen (secondary N) is 2. The van der Waals surface area contributed by atoms with Gasteiger partial charge in [0.2, 0.25) is 0 Å². The van der Waals surface area contributed by atoms with Crippen LogP contribution < -0.4 is 10.6 Å². The summed E-state index contributed by atoms with van der Waals surface area (Å²) in [5.41, 5.74) is -1.33. The van der Waals surface area contributed by atoms with Crippen molar-refractivity contribution in [2.75, 3.05) is 17.7 Å². The van der Waals surface area contributed by atoms with E-state index in [-0.39, 0.29) is 0 Å². The van der Waals surface area contributed by atoms with E-state index >= 15 is 0 Å². The van der Waals surface area contributed by atoms with Crippen LogP contribution in [-0.4, -0.2) is 33.3 Å². The maximum absolute atomic E-state index is 10.0. The van der Waals surface area contributed by atoms with Crippen LogP contribution in [0, 0.1) is 0 Å². The Morgan fingerprint density at radius 2 is 1.69 bits per heavy atom. The van der Waals surface area contributed by atoms with E-state index in [2.05, 4.69) is 20.6 Å². The van der Waals surface area contributed by atoms with E-state index < -0.39 is 11.1 Å². The number of rotatable bonds is 4. The molecule has 90 valence electrons. The number of aromatic nitrogens is 2. The number of aliphatic hydroxyl groups is 1. The van der Waals surface area contributed by atoms with Crippen molar-refractivity contribution in [1.82, 2.24) is 9.97 Å². The van der Waals surface area contributed by atoms with Crippen molar-refractivity contribution in [3.05, 3.63) is 12.4 Å². The van der Waals surface area contributed by atoms with E-state index in [1.54, 1.807) is 27.0 Å². The van der Waals surface area contributed by atoms with Crippen LogP contribution in [0.4, 0.5) is 11.6 Å². The summed E-state index contributed by atoms with van der Waals surface area (Å²) in [5.74, 6) is 1.43. The van der Waals surface area contributed by atoms with E-state index in [0.717, 1.165) is 5.82 Å². The van der Waals surface area contributed by atoms with Crippen LogP contribution in [-0.2, 0) is 0 Å². The van der Waals surface area contributed by atoms with Crippen molar-refractivity contribution in [3.63, 3.8) is 0 Å². The van der Waals surface area contributed by atoms with Gasteiger partial charge in [-0.25, -0.2) is 9.97 Å². The lowest BCUT2D eigenvalue weighted by molar-refractivity contribution is 0.0239. The Morgan fingerprint density at radius 1 is 1.12 bits per heavy atom. The van der Waals surface area contributed by atoms with Gasteiger partial charge in [-0.3, -0.25) is 0 Å². The maximum atomic E-state index is 10.0. The molecule has 5 nitrogen and oxygen atoms in total. The van der Waals surface area contributed by atoms with Crippen molar-refractivity contribution in [2.24, 2.45) is 0 Å². The largest absolute Gasteiger partial charge is 0.388 e. The van der Waals surface area contributed by atoms with Crippen LogP contribution in [0.3, 0.4) is 0 Å². The average Bonchev–Trinajstić information content (AvgIpc) is 2.15. The average molecular weight is 224 g/mol. The number of anilines is 2. The van der Waals surface area contributed by atoms with Crippen molar-refractivity contribution in [3.8, 4) is 0 Å². The summed E-state index contributed by atoms with van der Waals surface area (Å²) in [4.78, 5) is 8.14. The third kappa shape index (κ3) is 2.82. The van der Waals surface area contributed by atoms with E-state index in [9.17, 15) is 5.11 Å². The molecule has 0 aliphatic heterocycles. The summed E-state index contributed by atoms with van der Waals surface area (Å²) >= 11 is 0. The molecule has 1 heterocycles. The van der Waals surface area contributed by atoms with Gasteiger partial charge >= 0.3 is 0 Å². The number of hydrogen-bond acceptors (Lipinski definition) is 5. The highest BCUT2D eigenvalue weighted by molar-refractivity contribution is 5.47. The number of nitrogens with zero attached hydrogens (tertiary/aromatic N) is 2. The van der Waals surface area contributed by atoms with Crippen LogP contribution in [0.5, 0.6) is 0 Å². The molecule has 0 saturated carbocycles. The Morgan fingerprint density at radius 3 is 2.19 bits per heavy atom. The molecule has 1 aromatic rings. The predicted molar refractivity (Wildman–Crippen MR) is 65.6 cm³/mol. The molecule has 0 aliphatic rings. The van der Waals surface area contributed by atoms with Gasteiger partial charge in [0.05, 0.1) is 11.1 Å². The smallest absolute Gasteiger partial charge is 0.131 e. The molecule has 16 heavy (non-hydrogen) atoms. The van der Waals surface area contributed by atoms with Gasteiger partial charge in [0.25, 0.3) is 0 Å². The highest BCUT2D eigenvalue weighted by atomic mass is 16.3. The van der Waals surface area contributed by atoms with Crippen LogP contribution in [0.15, 0.2) is 12.4 Å². The fourth-order valence-electron chi connectivity index (χ4n) is 1.04. The molecule has 1 aromatic heterocycles. The summed E-state index contributed by atoms with van der Waals surface area (Å²) in [6.07, 6.45) is 1.48. The first-order valence-electron chi connectivity index (χ1n) is 5.26. The molecular weight excluding hydrogens is 204 g/mol. The van der Waals surface area contributed by atoms with Gasteiger partial charge in [-0.2, -0.15) is 0 Å². The van der Waals surface area contributed by atoms with Gasteiger partial charge < -0.3 is 15.7 Å². The minimum absolute atomic E-state index is 0.480. The molecule has 3 N–H and O–H groups in total. The summed E-state index contributed by atoms with van der Waals surface area (Å²) in [7, 11) is 1.80. The molecule has 0 amide bonds. The van der Waals surface area contributed by atoms with Crippen molar-refractivity contribution < 1.29 is 5.11 Å². The van der Waals surface area contributed by atoms with E-state index in [1.807, 2.05) is 13.8 Å². The molecule has 0 atom stereocenters. The SMILES string of the molecule is CNc1cc(NC(C)(C)C(C)(C)O)ncn1. The minimum Gasteiger partial charge on any atom is -0.388 e. The molecule has 0 saturated heterocycles. The lowest BCUT2D eigenvalue weighted by Gasteiger charge is -2.38. The quantitative estimate of drug-likeness (QED) is 0.722. The van der Waals surface area contributed by atoms with Crippen molar-refractivity contribution >= 4 is 11.6 Å². The van der Waals surface area contributed by atoms with Crippen LogP contribution >= 0.6 is 0 Å². The highest BCUT2D eigenvalue weighted by Gasteiger charge is 2.35. The Labute approximate surface area is 96.3 Å². The van der Waals surface area contributed by atoms with Gasteiger partial charge in [-0.15, -0.1) is 0 Å². The van der Waals surface area contributed by atoms with Crippen molar-refractivity contribution in [2.45, 2.75) is 38.8 Å². The molecule has 0 aromatic carbocycles. The third-order valence-electron chi connectivity index (χ3n) is 2.89. The van der Waals surface area contributed by atoms with Gasteiger partial charge in [0, 0.05) is 13.1 Å². The van der Waals surface area contributed by atoms with Crippen LogP contribution in [0.25, 0.3) is 0 Å². The van der Waals surface area contributed by atoms with Crippen LogP contribution in [0.1, 0.15) is 27.7 Å². The first-order valence-corrected chi connectivity index (χ1v) is 5.26. The monoisotopic (exact) mass is 224 g/mol. The third-order valence-corrected chi connectivity index (χ3v) is 2.89. The zero-order chi connectivity index (χ0) is 12.4. The van der Waals surface area contributed by atoms with Gasteiger partial charge in [-0.1, -0.05) is 0 Å². The fraction of sp³-hybridized carbons (Fsp3) is 0.636. The molecule has 0 unspecified atom stereocenters.